The maximum absolute atomic E-state index is 13.1. The average molecular weight is 376 g/mol. The number of hydrogen-bond acceptors (Lipinski definition) is 3. The number of nitrogens with zero attached hydrogens (tertiary/aromatic N) is 2. The molecule has 0 bridgehead atoms. The number of hydrogen-bond donors (Lipinski definition) is 2. The van der Waals surface area contributed by atoms with Crippen LogP contribution in [0.1, 0.15) is 59.0 Å². The van der Waals surface area contributed by atoms with E-state index in [1.54, 1.807) is 0 Å². The van der Waals surface area contributed by atoms with Gasteiger partial charge in [0.15, 0.2) is 0 Å². The predicted molar refractivity (Wildman–Crippen MR) is 108 cm³/mol. The van der Waals surface area contributed by atoms with E-state index in [2.05, 4.69) is 9.97 Å². The summed E-state index contributed by atoms with van der Waals surface area (Å²) in [5.41, 5.74) is 4.13. The van der Waals surface area contributed by atoms with Crippen LogP contribution in [0.3, 0.4) is 0 Å². The molecule has 0 spiro atoms. The average Bonchev–Trinajstić information content (AvgIpc) is 3.17. The number of imidazole rings is 1. The van der Waals surface area contributed by atoms with Crippen LogP contribution in [0.5, 0.6) is 0 Å². The first-order valence-corrected chi connectivity index (χ1v) is 10.2. The van der Waals surface area contributed by atoms with Crippen LogP contribution in [0.25, 0.3) is 11.0 Å². The Kier molecular flexibility index (Phi) is 4.26. The lowest BCUT2D eigenvalue weighted by Gasteiger charge is -2.32. The van der Waals surface area contributed by atoms with Gasteiger partial charge in [-0.1, -0.05) is 12.1 Å². The van der Waals surface area contributed by atoms with Crippen molar-refractivity contribution in [1.29, 1.82) is 0 Å². The summed E-state index contributed by atoms with van der Waals surface area (Å²) in [6.45, 7) is 1.28. The van der Waals surface area contributed by atoms with E-state index in [0.29, 0.717) is 13.1 Å². The van der Waals surface area contributed by atoms with Gasteiger partial charge >= 0.3 is 0 Å². The number of amides is 1. The first-order chi connectivity index (χ1) is 13.7. The summed E-state index contributed by atoms with van der Waals surface area (Å²) < 4.78 is 0. The molecule has 144 valence electrons. The topological polar surface area (TPSA) is 81.8 Å². The van der Waals surface area contributed by atoms with Crippen LogP contribution in [0.4, 0.5) is 0 Å². The summed E-state index contributed by atoms with van der Waals surface area (Å²) in [6.07, 6.45) is 5.96. The smallest absolute Gasteiger partial charge is 0.261 e. The molecule has 6 nitrogen and oxygen atoms in total. The van der Waals surface area contributed by atoms with Crippen molar-refractivity contribution >= 4 is 16.9 Å². The van der Waals surface area contributed by atoms with Crippen molar-refractivity contribution in [2.75, 3.05) is 13.1 Å². The zero-order chi connectivity index (χ0) is 19.1. The van der Waals surface area contributed by atoms with Gasteiger partial charge in [0, 0.05) is 24.7 Å². The van der Waals surface area contributed by atoms with E-state index in [9.17, 15) is 9.59 Å². The number of carbonyl (C=O) groups is 1. The molecule has 1 aromatic carbocycles. The molecule has 1 fully saturated rings. The minimum Gasteiger partial charge on any atom is -0.342 e. The van der Waals surface area contributed by atoms with Crippen LogP contribution in [-0.4, -0.2) is 38.8 Å². The molecule has 2 aromatic heterocycles. The fourth-order valence-corrected chi connectivity index (χ4v) is 4.55. The summed E-state index contributed by atoms with van der Waals surface area (Å²) in [4.78, 5) is 38.5. The van der Waals surface area contributed by atoms with Crippen LogP contribution >= 0.6 is 0 Å². The van der Waals surface area contributed by atoms with Gasteiger partial charge in [0.2, 0.25) is 0 Å². The van der Waals surface area contributed by atoms with Gasteiger partial charge in [-0.3, -0.25) is 9.59 Å². The van der Waals surface area contributed by atoms with Gasteiger partial charge in [0.05, 0.1) is 11.0 Å². The molecule has 0 unspecified atom stereocenters. The second-order valence-corrected chi connectivity index (χ2v) is 7.95. The molecule has 1 saturated heterocycles. The molecule has 0 radical (unpaired) electrons. The van der Waals surface area contributed by atoms with E-state index in [4.69, 9.17) is 4.98 Å². The Hall–Kier alpha value is -2.89. The predicted octanol–water partition coefficient (Wildman–Crippen LogP) is 3.15. The Balaban J connectivity index is 1.40. The van der Waals surface area contributed by atoms with Crippen LogP contribution in [0.2, 0.25) is 0 Å². The number of carbonyl (C=O) groups excluding carboxylic acids is 1. The highest BCUT2D eigenvalue weighted by Gasteiger charge is 2.29. The number of H-pyrrole nitrogens is 2. The molecule has 6 heteroatoms. The zero-order valence-corrected chi connectivity index (χ0v) is 15.8. The molecule has 2 N–H and O–H groups in total. The monoisotopic (exact) mass is 376 g/mol. The number of fused-ring (bicyclic) bond motifs is 2. The van der Waals surface area contributed by atoms with Crippen molar-refractivity contribution in [3.05, 3.63) is 63.3 Å². The number of piperidine rings is 1. The van der Waals surface area contributed by atoms with Gasteiger partial charge in [-0.15, -0.1) is 0 Å². The number of benzene rings is 1. The van der Waals surface area contributed by atoms with E-state index < -0.39 is 0 Å². The third-order valence-corrected chi connectivity index (χ3v) is 6.07. The Morgan fingerprint density at radius 1 is 1.11 bits per heavy atom. The lowest BCUT2D eigenvalue weighted by molar-refractivity contribution is 0.0703. The standard InChI is InChI=1S/C22H24N4O2/c27-21-16(12-14-6-1-2-8-17(14)25-21)22(28)26-11-5-7-15(13-26)20-23-18-9-3-4-10-19(18)24-20/h3-4,9-10,12,15H,1-2,5-8,11,13H2,(H,23,24)(H,25,27)/t15-/m0/s1. The number of aromatic amines is 2. The highest BCUT2D eigenvalue weighted by molar-refractivity contribution is 5.94. The second kappa shape index (κ2) is 6.93. The van der Waals surface area contributed by atoms with E-state index in [1.165, 1.54) is 0 Å². The maximum atomic E-state index is 13.1. The van der Waals surface area contributed by atoms with Crippen molar-refractivity contribution in [1.82, 2.24) is 19.9 Å². The Bertz CT molecular complexity index is 1060. The fraction of sp³-hybridized carbons (Fsp3) is 0.409. The van der Waals surface area contributed by atoms with Crippen molar-refractivity contribution < 1.29 is 4.79 Å². The molecule has 28 heavy (non-hydrogen) atoms. The highest BCUT2D eigenvalue weighted by Crippen LogP contribution is 2.28. The SMILES string of the molecule is O=C(c1cc2c([nH]c1=O)CCCC2)N1CCC[C@H](c2nc3ccccc3[nH]2)C1. The lowest BCUT2D eigenvalue weighted by atomic mass is 9.94. The molecule has 1 amide bonds. The number of aryl methyl sites for hydroxylation is 2. The molecule has 3 heterocycles. The van der Waals surface area contributed by atoms with Crippen molar-refractivity contribution in [2.45, 2.75) is 44.4 Å². The third-order valence-electron chi connectivity index (χ3n) is 6.07. The van der Waals surface area contributed by atoms with E-state index in [0.717, 1.165) is 66.6 Å². The third kappa shape index (κ3) is 3.03. The number of pyridine rings is 1. The van der Waals surface area contributed by atoms with Crippen molar-refractivity contribution in [2.24, 2.45) is 0 Å². The molecule has 1 atom stereocenters. The number of likely N-dealkylation sites (tertiary alicyclic amines) is 1. The first kappa shape index (κ1) is 17.2. The van der Waals surface area contributed by atoms with Gasteiger partial charge in [-0.2, -0.15) is 0 Å². The molecule has 2 aliphatic rings. The van der Waals surface area contributed by atoms with Crippen molar-refractivity contribution in [3.8, 4) is 0 Å². The first-order valence-electron chi connectivity index (χ1n) is 10.2. The quantitative estimate of drug-likeness (QED) is 0.721. The maximum Gasteiger partial charge on any atom is 0.261 e. The van der Waals surface area contributed by atoms with Crippen LogP contribution in [0.15, 0.2) is 35.1 Å². The summed E-state index contributed by atoms with van der Waals surface area (Å²) in [5, 5.41) is 0. The largest absolute Gasteiger partial charge is 0.342 e. The van der Waals surface area contributed by atoms with Crippen LogP contribution < -0.4 is 5.56 Å². The van der Waals surface area contributed by atoms with Gasteiger partial charge in [-0.25, -0.2) is 4.98 Å². The number of nitrogens with one attached hydrogen (secondary N) is 2. The van der Waals surface area contributed by atoms with E-state index >= 15 is 0 Å². The van der Waals surface area contributed by atoms with Crippen LogP contribution in [-0.2, 0) is 12.8 Å². The fourth-order valence-electron chi connectivity index (χ4n) is 4.55. The summed E-state index contributed by atoms with van der Waals surface area (Å²) in [6, 6.07) is 9.81. The molecule has 5 rings (SSSR count). The second-order valence-electron chi connectivity index (χ2n) is 7.95. The Morgan fingerprint density at radius 2 is 1.96 bits per heavy atom. The van der Waals surface area contributed by atoms with Gasteiger partial charge in [0.25, 0.3) is 11.5 Å². The van der Waals surface area contributed by atoms with Gasteiger partial charge < -0.3 is 14.9 Å². The lowest BCUT2D eigenvalue weighted by Crippen LogP contribution is -2.41. The molecular formula is C22H24N4O2. The summed E-state index contributed by atoms with van der Waals surface area (Å²) in [7, 11) is 0. The van der Waals surface area contributed by atoms with E-state index in [-0.39, 0.29) is 22.9 Å². The van der Waals surface area contributed by atoms with Crippen LogP contribution in [0, 0.1) is 0 Å². The number of aromatic nitrogens is 3. The summed E-state index contributed by atoms with van der Waals surface area (Å²) in [5.74, 6) is 0.940. The molecular weight excluding hydrogens is 352 g/mol. The van der Waals surface area contributed by atoms with Crippen molar-refractivity contribution in [3.63, 3.8) is 0 Å². The number of para-hydroxylation sites is 2. The number of rotatable bonds is 2. The molecule has 1 aliphatic carbocycles. The minimum absolute atomic E-state index is 0.157. The Morgan fingerprint density at radius 3 is 2.86 bits per heavy atom. The van der Waals surface area contributed by atoms with Gasteiger partial charge in [0.1, 0.15) is 11.4 Å². The summed E-state index contributed by atoms with van der Waals surface area (Å²) >= 11 is 0. The zero-order valence-electron chi connectivity index (χ0n) is 15.8. The molecule has 1 aliphatic heterocycles. The molecule has 3 aromatic rings. The molecule has 0 saturated carbocycles. The Labute approximate surface area is 163 Å². The van der Waals surface area contributed by atoms with E-state index in [1.807, 2.05) is 35.2 Å². The normalized spacial score (nSPS) is 19.6. The highest BCUT2D eigenvalue weighted by atomic mass is 16.2. The van der Waals surface area contributed by atoms with Gasteiger partial charge in [-0.05, 0) is 62.3 Å². The minimum atomic E-state index is -0.253.